The third-order valence-electron chi connectivity index (χ3n) is 3.22. The lowest BCUT2D eigenvalue weighted by Gasteiger charge is -2.08. The molecule has 0 unspecified atom stereocenters. The number of hydrogen-bond donors (Lipinski definition) is 1. The summed E-state index contributed by atoms with van der Waals surface area (Å²) in [5.41, 5.74) is 8.45. The van der Waals surface area contributed by atoms with Crippen LogP contribution in [0.4, 0.5) is 5.69 Å². The standard InChI is InChI=1S/C15H19N3O2/c1-4-7-18-14(13(20-3)9-17-18)15(19)11-6-5-10(2)12(16)8-11/h5-6,8-9H,4,7,16H2,1-3H3. The topological polar surface area (TPSA) is 70.1 Å². The van der Waals surface area contributed by atoms with E-state index < -0.39 is 0 Å². The molecular weight excluding hydrogens is 254 g/mol. The summed E-state index contributed by atoms with van der Waals surface area (Å²) >= 11 is 0. The molecular formula is C15H19N3O2. The third kappa shape index (κ3) is 2.52. The van der Waals surface area contributed by atoms with E-state index in [-0.39, 0.29) is 5.78 Å². The molecule has 5 nitrogen and oxygen atoms in total. The summed E-state index contributed by atoms with van der Waals surface area (Å²) in [6, 6.07) is 5.31. The monoisotopic (exact) mass is 273 g/mol. The van der Waals surface area contributed by atoms with E-state index >= 15 is 0 Å². The van der Waals surface area contributed by atoms with Crippen LogP contribution < -0.4 is 10.5 Å². The fourth-order valence-electron chi connectivity index (χ4n) is 2.05. The van der Waals surface area contributed by atoms with E-state index in [1.54, 1.807) is 23.0 Å². The van der Waals surface area contributed by atoms with Crippen LogP contribution in [0.2, 0.25) is 0 Å². The molecule has 0 aliphatic rings. The molecule has 0 spiro atoms. The average molecular weight is 273 g/mol. The molecule has 2 aromatic rings. The highest BCUT2D eigenvalue weighted by atomic mass is 16.5. The third-order valence-corrected chi connectivity index (χ3v) is 3.22. The molecule has 0 saturated carbocycles. The second-order valence-corrected chi connectivity index (χ2v) is 4.69. The fraction of sp³-hybridized carbons (Fsp3) is 0.333. The van der Waals surface area contributed by atoms with Gasteiger partial charge < -0.3 is 10.5 Å². The maximum Gasteiger partial charge on any atom is 0.214 e. The van der Waals surface area contributed by atoms with E-state index in [1.807, 2.05) is 19.9 Å². The van der Waals surface area contributed by atoms with Gasteiger partial charge in [-0.3, -0.25) is 9.48 Å². The minimum Gasteiger partial charge on any atom is -0.493 e. The quantitative estimate of drug-likeness (QED) is 0.671. The van der Waals surface area contributed by atoms with Crippen LogP contribution in [-0.2, 0) is 6.54 Å². The number of methoxy groups -OCH3 is 1. The Kier molecular flexibility index (Phi) is 4.08. The van der Waals surface area contributed by atoms with Gasteiger partial charge in [-0.1, -0.05) is 19.1 Å². The van der Waals surface area contributed by atoms with E-state index in [1.165, 1.54) is 7.11 Å². The van der Waals surface area contributed by atoms with Gasteiger partial charge in [0, 0.05) is 17.8 Å². The lowest BCUT2D eigenvalue weighted by Crippen LogP contribution is -2.13. The van der Waals surface area contributed by atoms with E-state index in [0.29, 0.717) is 29.2 Å². The van der Waals surface area contributed by atoms with Gasteiger partial charge >= 0.3 is 0 Å². The maximum atomic E-state index is 12.6. The van der Waals surface area contributed by atoms with Crippen molar-refractivity contribution in [3.8, 4) is 5.75 Å². The molecule has 0 aliphatic carbocycles. The SMILES string of the molecule is CCCn1ncc(OC)c1C(=O)c1ccc(C)c(N)c1. The van der Waals surface area contributed by atoms with Crippen molar-refractivity contribution in [1.82, 2.24) is 9.78 Å². The van der Waals surface area contributed by atoms with Crippen molar-refractivity contribution < 1.29 is 9.53 Å². The smallest absolute Gasteiger partial charge is 0.214 e. The number of ketones is 1. The number of nitrogens with zero attached hydrogens (tertiary/aromatic N) is 2. The summed E-state index contributed by atoms with van der Waals surface area (Å²) in [5, 5.41) is 4.20. The molecule has 0 fully saturated rings. The number of rotatable bonds is 5. The van der Waals surface area contributed by atoms with Gasteiger partial charge in [-0.2, -0.15) is 5.10 Å². The number of benzene rings is 1. The van der Waals surface area contributed by atoms with Crippen LogP contribution in [0.3, 0.4) is 0 Å². The van der Waals surface area contributed by atoms with Crippen LogP contribution in [0.5, 0.6) is 5.75 Å². The first-order valence-corrected chi connectivity index (χ1v) is 6.59. The normalized spacial score (nSPS) is 10.6. The van der Waals surface area contributed by atoms with Crippen molar-refractivity contribution >= 4 is 11.5 Å². The fourth-order valence-corrected chi connectivity index (χ4v) is 2.05. The first-order chi connectivity index (χ1) is 9.58. The lowest BCUT2D eigenvalue weighted by molar-refractivity contribution is 0.102. The lowest BCUT2D eigenvalue weighted by atomic mass is 10.0. The molecule has 20 heavy (non-hydrogen) atoms. The molecule has 106 valence electrons. The van der Waals surface area contributed by atoms with E-state index in [2.05, 4.69) is 5.10 Å². The Bertz CT molecular complexity index is 632. The number of ether oxygens (including phenoxy) is 1. The molecule has 0 saturated heterocycles. The number of aryl methyl sites for hydroxylation is 2. The number of nitrogens with two attached hydrogens (primary N) is 1. The summed E-state index contributed by atoms with van der Waals surface area (Å²) in [5.74, 6) is 0.363. The Morgan fingerprint density at radius 2 is 2.20 bits per heavy atom. The Hall–Kier alpha value is -2.30. The number of carbonyl (C=O) groups excluding carboxylic acids is 1. The minimum atomic E-state index is -0.125. The van der Waals surface area contributed by atoms with Gasteiger partial charge in [0.1, 0.15) is 0 Å². The zero-order valence-corrected chi connectivity index (χ0v) is 12.0. The molecule has 1 aromatic heterocycles. The molecule has 0 atom stereocenters. The van der Waals surface area contributed by atoms with Gasteiger partial charge in [-0.25, -0.2) is 0 Å². The molecule has 1 aromatic carbocycles. The second kappa shape index (κ2) is 5.77. The van der Waals surface area contributed by atoms with Gasteiger partial charge in [-0.15, -0.1) is 0 Å². The van der Waals surface area contributed by atoms with E-state index in [9.17, 15) is 4.79 Å². The molecule has 0 radical (unpaired) electrons. The Labute approximate surface area is 118 Å². The van der Waals surface area contributed by atoms with Crippen LogP contribution in [0.15, 0.2) is 24.4 Å². The van der Waals surface area contributed by atoms with Crippen molar-refractivity contribution in [2.24, 2.45) is 0 Å². The van der Waals surface area contributed by atoms with E-state index in [0.717, 1.165) is 12.0 Å². The van der Waals surface area contributed by atoms with Crippen molar-refractivity contribution in [2.75, 3.05) is 12.8 Å². The highest BCUT2D eigenvalue weighted by Gasteiger charge is 2.21. The van der Waals surface area contributed by atoms with Crippen LogP contribution >= 0.6 is 0 Å². The van der Waals surface area contributed by atoms with Crippen LogP contribution in [0.25, 0.3) is 0 Å². The first kappa shape index (κ1) is 14.1. The summed E-state index contributed by atoms with van der Waals surface area (Å²) < 4.78 is 6.91. The van der Waals surface area contributed by atoms with Crippen LogP contribution in [-0.4, -0.2) is 22.7 Å². The van der Waals surface area contributed by atoms with Gasteiger partial charge in [0.25, 0.3) is 0 Å². The molecule has 0 bridgehead atoms. The van der Waals surface area contributed by atoms with Crippen molar-refractivity contribution in [2.45, 2.75) is 26.8 Å². The number of carbonyl (C=O) groups is 1. The van der Waals surface area contributed by atoms with Gasteiger partial charge in [0.05, 0.1) is 13.3 Å². The summed E-state index contributed by atoms with van der Waals surface area (Å²) in [7, 11) is 1.54. The minimum absolute atomic E-state index is 0.125. The largest absolute Gasteiger partial charge is 0.493 e. The zero-order valence-electron chi connectivity index (χ0n) is 12.0. The summed E-state index contributed by atoms with van der Waals surface area (Å²) in [6.07, 6.45) is 2.46. The number of nitrogen functional groups attached to an aromatic ring is 1. The highest BCUT2D eigenvalue weighted by molar-refractivity contribution is 6.10. The van der Waals surface area contributed by atoms with E-state index in [4.69, 9.17) is 10.5 Å². The summed E-state index contributed by atoms with van der Waals surface area (Å²) in [4.78, 5) is 12.6. The average Bonchev–Trinajstić information content (AvgIpc) is 2.84. The Morgan fingerprint density at radius 3 is 2.80 bits per heavy atom. The molecule has 1 heterocycles. The predicted octanol–water partition coefficient (Wildman–Crippen LogP) is 2.42. The van der Waals surface area contributed by atoms with Gasteiger partial charge in [0.15, 0.2) is 11.4 Å². The van der Waals surface area contributed by atoms with Crippen molar-refractivity contribution in [1.29, 1.82) is 0 Å². The number of anilines is 1. The predicted molar refractivity (Wildman–Crippen MR) is 78.1 cm³/mol. The summed E-state index contributed by atoms with van der Waals surface area (Å²) in [6.45, 7) is 4.61. The Balaban J connectivity index is 2.46. The molecule has 5 heteroatoms. The molecule has 0 aliphatic heterocycles. The van der Waals surface area contributed by atoms with Gasteiger partial charge in [-0.05, 0) is 25.0 Å². The first-order valence-electron chi connectivity index (χ1n) is 6.59. The van der Waals surface area contributed by atoms with Crippen molar-refractivity contribution in [3.05, 3.63) is 41.2 Å². The zero-order chi connectivity index (χ0) is 14.7. The number of aromatic nitrogens is 2. The molecule has 2 N–H and O–H groups in total. The maximum absolute atomic E-state index is 12.6. The second-order valence-electron chi connectivity index (χ2n) is 4.69. The molecule has 0 amide bonds. The number of hydrogen-bond acceptors (Lipinski definition) is 4. The molecule has 2 rings (SSSR count). The highest BCUT2D eigenvalue weighted by Crippen LogP contribution is 2.23. The van der Waals surface area contributed by atoms with Crippen LogP contribution in [0.1, 0.15) is 35.0 Å². The van der Waals surface area contributed by atoms with Crippen LogP contribution in [0, 0.1) is 6.92 Å². The Morgan fingerprint density at radius 1 is 1.45 bits per heavy atom. The van der Waals surface area contributed by atoms with Crippen molar-refractivity contribution in [3.63, 3.8) is 0 Å². The van der Waals surface area contributed by atoms with Gasteiger partial charge in [0.2, 0.25) is 5.78 Å².